The normalized spacial score (nSPS) is 30.7. The van der Waals surface area contributed by atoms with Crippen LogP contribution in [0.4, 0.5) is 4.79 Å². The summed E-state index contributed by atoms with van der Waals surface area (Å²) < 4.78 is 0. The van der Waals surface area contributed by atoms with E-state index >= 15 is 0 Å². The molecule has 2 heterocycles. The molecule has 112 valence electrons. The van der Waals surface area contributed by atoms with Crippen molar-refractivity contribution in [1.29, 1.82) is 0 Å². The Balaban J connectivity index is 1.45. The van der Waals surface area contributed by atoms with Gasteiger partial charge in [0.1, 0.15) is 0 Å². The number of amides is 2. The van der Waals surface area contributed by atoms with E-state index in [0.29, 0.717) is 25.7 Å². The number of piperazine rings is 1. The Morgan fingerprint density at radius 2 is 1.85 bits per heavy atom. The van der Waals surface area contributed by atoms with Crippen molar-refractivity contribution in [2.45, 2.75) is 56.7 Å². The minimum absolute atomic E-state index is 0.0833. The molecule has 6 nitrogen and oxygen atoms in total. The first-order valence-electron chi connectivity index (χ1n) is 7.66. The number of fused-ring (bicyclic) bond motifs is 2. The lowest BCUT2D eigenvalue weighted by molar-refractivity contribution is -0.123. The molecular formula is C14H23N3O3. The van der Waals surface area contributed by atoms with E-state index in [9.17, 15) is 9.59 Å². The van der Waals surface area contributed by atoms with Gasteiger partial charge in [0, 0.05) is 31.2 Å². The Morgan fingerprint density at radius 1 is 1.10 bits per heavy atom. The van der Waals surface area contributed by atoms with Crippen LogP contribution in [0.1, 0.15) is 38.5 Å². The summed E-state index contributed by atoms with van der Waals surface area (Å²) in [4.78, 5) is 26.7. The number of likely N-dealkylation sites (tertiary alicyclic amines) is 2. The molecule has 2 saturated heterocycles. The van der Waals surface area contributed by atoms with Crippen molar-refractivity contribution >= 4 is 12.0 Å². The number of carbonyl (C=O) groups excluding carboxylic acids is 1. The highest BCUT2D eigenvalue weighted by Crippen LogP contribution is 2.30. The first kappa shape index (κ1) is 13.7. The van der Waals surface area contributed by atoms with E-state index in [2.05, 4.69) is 10.2 Å². The quantitative estimate of drug-likeness (QED) is 0.805. The van der Waals surface area contributed by atoms with Gasteiger partial charge in [0.25, 0.3) is 0 Å². The van der Waals surface area contributed by atoms with Gasteiger partial charge in [-0.1, -0.05) is 19.3 Å². The van der Waals surface area contributed by atoms with Gasteiger partial charge in [0.2, 0.25) is 5.91 Å². The average Bonchev–Trinajstić information content (AvgIpc) is 2.99. The van der Waals surface area contributed by atoms with E-state index < -0.39 is 6.09 Å². The summed E-state index contributed by atoms with van der Waals surface area (Å²) >= 11 is 0. The van der Waals surface area contributed by atoms with Crippen LogP contribution in [0.3, 0.4) is 0 Å². The van der Waals surface area contributed by atoms with Crippen LogP contribution in [0, 0.1) is 0 Å². The molecule has 0 aromatic rings. The number of nitrogens with one attached hydrogen (secondary N) is 1. The van der Waals surface area contributed by atoms with Crippen molar-refractivity contribution in [3.8, 4) is 0 Å². The van der Waals surface area contributed by atoms with Crippen molar-refractivity contribution < 1.29 is 14.7 Å². The monoisotopic (exact) mass is 281 g/mol. The van der Waals surface area contributed by atoms with Crippen LogP contribution >= 0.6 is 0 Å². The van der Waals surface area contributed by atoms with Crippen molar-refractivity contribution in [3.63, 3.8) is 0 Å². The van der Waals surface area contributed by atoms with Gasteiger partial charge in [-0.3, -0.25) is 9.69 Å². The van der Waals surface area contributed by atoms with Gasteiger partial charge in [0.15, 0.2) is 0 Å². The molecule has 3 rings (SSSR count). The second kappa shape index (κ2) is 5.60. The van der Waals surface area contributed by atoms with Crippen LogP contribution in [0.2, 0.25) is 0 Å². The van der Waals surface area contributed by atoms with Gasteiger partial charge >= 0.3 is 6.09 Å². The second-order valence-corrected chi connectivity index (χ2v) is 6.31. The van der Waals surface area contributed by atoms with Gasteiger partial charge in [-0.05, 0) is 19.3 Å². The molecule has 1 aliphatic carbocycles. The fraction of sp³-hybridized carbons (Fsp3) is 0.857. The molecule has 2 amide bonds. The highest BCUT2D eigenvalue weighted by Gasteiger charge is 2.45. The molecule has 1 saturated carbocycles. The fourth-order valence-electron chi connectivity index (χ4n) is 3.88. The Morgan fingerprint density at radius 3 is 2.45 bits per heavy atom. The minimum Gasteiger partial charge on any atom is -0.465 e. The predicted molar refractivity (Wildman–Crippen MR) is 73.5 cm³/mol. The van der Waals surface area contributed by atoms with E-state index in [1.54, 1.807) is 0 Å². The standard InChI is InChI=1S/C14H23N3O3/c18-13(15-10-4-2-1-3-5-10)9-16-7-12-6-11(16)8-17(12)14(19)20/h10-12H,1-9H2,(H,15,18)(H,19,20). The molecule has 2 unspecified atom stereocenters. The number of carboxylic acid groups (broad SMARTS) is 1. The Hall–Kier alpha value is -1.30. The molecule has 20 heavy (non-hydrogen) atoms. The summed E-state index contributed by atoms with van der Waals surface area (Å²) in [7, 11) is 0. The summed E-state index contributed by atoms with van der Waals surface area (Å²) in [6, 6.07) is 0.666. The maximum absolute atomic E-state index is 12.1. The number of nitrogens with zero attached hydrogens (tertiary/aromatic N) is 2. The maximum Gasteiger partial charge on any atom is 0.407 e. The molecule has 0 aromatic carbocycles. The van der Waals surface area contributed by atoms with Gasteiger partial charge < -0.3 is 15.3 Å². The zero-order chi connectivity index (χ0) is 14.1. The smallest absolute Gasteiger partial charge is 0.407 e. The zero-order valence-electron chi connectivity index (χ0n) is 11.8. The van der Waals surface area contributed by atoms with Gasteiger partial charge in [-0.15, -0.1) is 0 Å². The Labute approximate surface area is 119 Å². The third kappa shape index (κ3) is 2.75. The van der Waals surface area contributed by atoms with Crippen molar-refractivity contribution in [2.75, 3.05) is 19.6 Å². The molecule has 2 bridgehead atoms. The summed E-state index contributed by atoms with van der Waals surface area (Å²) in [5.74, 6) is 0.103. The van der Waals surface area contributed by atoms with Gasteiger partial charge in [-0.25, -0.2) is 4.79 Å². The Bertz CT molecular complexity index is 395. The summed E-state index contributed by atoms with van der Waals surface area (Å²) in [5, 5.41) is 12.2. The lowest BCUT2D eigenvalue weighted by atomic mass is 9.95. The minimum atomic E-state index is -0.830. The van der Waals surface area contributed by atoms with Crippen LogP contribution in [-0.4, -0.2) is 64.7 Å². The summed E-state index contributed by atoms with van der Waals surface area (Å²) in [5.41, 5.74) is 0. The molecule has 3 fully saturated rings. The number of carbonyl (C=O) groups is 2. The van der Waals surface area contributed by atoms with E-state index in [1.807, 2.05) is 0 Å². The fourth-order valence-corrected chi connectivity index (χ4v) is 3.88. The van der Waals surface area contributed by atoms with E-state index in [0.717, 1.165) is 19.3 Å². The van der Waals surface area contributed by atoms with E-state index in [4.69, 9.17) is 5.11 Å². The van der Waals surface area contributed by atoms with E-state index in [-0.39, 0.29) is 18.0 Å². The van der Waals surface area contributed by atoms with Crippen LogP contribution < -0.4 is 5.32 Å². The molecule has 0 spiro atoms. The topological polar surface area (TPSA) is 72.9 Å². The van der Waals surface area contributed by atoms with Gasteiger partial charge in [-0.2, -0.15) is 0 Å². The van der Waals surface area contributed by atoms with E-state index in [1.165, 1.54) is 24.2 Å². The van der Waals surface area contributed by atoms with Crippen molar-refractivity contribution in [2.24, 2.45) is 0 Å². The average molecular weight is 281 g/mol. The van der Waals surface area contributed by atoms with Crippen LogP contribution in [0.15, 0.2) is 0 Å². The number of hydrogen-bond acceptors (Lipinski definition) is 3. The maximum atomic E-state index is 12.1. The summed E-state index contributed by atoms with van der Waals surface area (Å²) in [6.07, 6.45) is 5.97. The van der Waals surface area contributed by atoms with Crippen LogP contribution in [0.5, 0.6) is 0 Å². The molecular weight excluding hydrogens is 258 g/mol. The molecule has 0 radical (unpaired) electrons. The van der Waals surface area contributed by atoms with Gasteiger partial charge in [0.05, 0.1) is 6.54 Å². The number of rotatable bonds is 3. The zero-order valence-corrected chi connectivity index (χ0v) is 11.8. The largest absolute Gasteiger partial charge is 0.465 e. The molecule has 2 aliphatic heterocycles. The highest BCUT2D eigenvalue weighted by atomic mass is 16.4. The first-order valence-corrected chi connectivity index (χ1v) is 7.66. The second-order valence-electron chi connectivity index (χ2n) is 6.31. The molecule has 0 aromatic heterocycles. The lowest BCUT2D eigenvalue weighted by Crippen LogP contribution is -2.51. The highest BCUT2D eigenvalue weighted by molar-refractivity contribution is 5.78. The number of hydrogen-bond donors (Lipinski definition) is 2. The molecule has 2 N–H and O–H groups in total. The summed E-state index contributed by atoms with van der Waals surface area (Å²) in [6.45, 7) is 1.68. The van der Waals surface area contributed by atoms with Crippen LogP contribution in [-0.2, 0) is 4.79 Å². The molecule has 3 aliphatic rings. The third-order valence-electron chi connectivity index (χ3n) is 4.92. The molecule has 2 atom stereocenters. The predicted octanol–water partition coefficient (Wildman–Crippen LogP) is 0.872. The SMILES string of the molecule is O=C(CN1CC2CC1CN2C(=O)O)NC1CCCCC1. The third-order valence-corrected chi connectivity index (χ3v) is 4.92. The van der Waals surface area contributed by atoms with Crippen molar-refractivity contribution in [3.05, 3.63) is 0 Å². The molecule has 6 heteroatoms. The Kier molecular flexibility index (Phi) is 3.83. The first-order chi connectivity index (χ1) is 9.63. The van der Waals surface area contributed by atoms with Crippen LogP contribution in [0.25, 0.3) is 0 Å². The van der Waals surface area contributed by atoms with Crippen molar-refractivity contribution in [1.82, 2.24) is 15.1 Å². The lowest BCUT2D eigenvalue weighted by Gasteiger charge is -2.32.